The van der Waals surface area contributed by atoms with Crippen molar-refractivity contribution in [3.63, 3.8) is 0 Å². The van der Waals surface area contributed by atoms with Crippen LogP contribution in [0.15, 0.2) is 0 Å². The van der Waals surface area contributed by atoms with Crippen molar-refractivity contribution in [1.29, 1.82) is 0 Å². The number of amides is 1. The van der Waals surface area contributed by atoms with E-state index in [1.165, 1.54) is 0 Å². The Hall–Kier alpha value is -0.180. The summed E-state index contributed by atoms with van der Waals surface area (Å²) in [6.45, 7) is 9.20. The Labute approximate surface area is 93.5 Å². The van der Waals surface area contributed by atoms with Gasteiger partial charge in [-0.1, -0.05) is 27.7 Å². The Morgan fingerprint density at radius 2 is 1.79 bits per heavy atom. The first kappa shape index (κ1) is 13.8. The molecule has 0 saturated heterocycles. The van der Waals surface area contributed by atoms with Crippen LogP contribution in [0.3, 0.4) is 0 Å². The van der Waals surface area contributed by atoms with Crippen molar-refractivity contribution >= 4 is 18.5 Å². The lowest BCUT2D eigenvalue weighted by Crippen LogP contribution is -2.37. The fourth-order valence-corrected chi connectivity index (χ4v) is 1.27. The van der Waals surface area contributed by atoms with Gasteiger partial charge in [-0.05, 0) is 18.3 Å². The number of hydrogen-bond acceptors (Lipinski definition) is 2. The average Bonchev–Trinajstić information content (AvgIpc) is 2.11. The van der Waals surface area contributed by atoms with E-state index < -0.39 is 0 Å². The predicted octanol–water partition coefficient (Wildman–Crippen LogP) is 2.45. The quantitative estimate of drug-likeness (QED) is 0.701. The summed E-state index contributed by atoms with van der Waals surface area (Å²) in [5.41, 5.74) is 0. The number of carbonyl (C=O) groups is 1. The van der Waals surface area contributed by atoms with E-state index in [2.05, 4.69) is 26.5 Å². The molecule has 0 fully saturated rings. The topological polar surface area (TPSA) is 20.3 Å². The van der Waals surface area contributed by atoms with Gasteiger partial charge >= 0.3 is 0 Å². The van der Waals surface area contributed by atoms with Gasteiger partial charge in [0.1, 0.15) is 0 Å². The molecule has 0 radical (unpaired) electrons. The van der Waals surface area contributed by atoms with Crippen molar-refractivity contribution in [2.75, 3.05) is 13.6 Å². The number of thiol groups is 1. The molecule has 0 N–H and O–H groups in total. The fourth-order valence-electron chi connectivity index (χ4n) is 1.07. The Kier molecular flexibility index (Phi) is 6.25. The van der Waals surface area contributed by atoms with Gasteiger partial charge in [0.15, 0.2) is 0 Å². The number of rotatable bonds is 5. The lowest BCUT2D eigenvalue weighted by Gasteiger charge is -2.23. The normalized spacial score (nSPS) is 13.4. The molecule has 2 nitrogen and oxygen atoms in total. The zero-order chi connectivity index (χ0) is 11.3. The van der Waals surface area contributed by atoms with Gasteiger partial charge in [0.2, 0.25) is 5.91 Å². The van der Waals surface area contributed by atoms with Gasteiger partial charge in [-0.2, -0.15) is 12.6 Å². The summed E-state index contributed by atoms with van der Waals surface area (Å²) in [6, 6.07) is 0. The van der Waals surface area contributed by atoms with Crippen LogP contribution in [-0.2, 0) is 4.79 Å². The Balaban J connectivity index is 3.99. The molecule has 0 aromatic rings. The monoisotopic (exact) mass is 217 g/mol. The summed E-state index contributed by atoms with van der Waals surface area (Å²) < 4.78 is 0. The Bertz CT molecular complexity index is 180. The molecule has 0 aliphatic heterocycles. The first-order chi connectivity index (χ1) is 6.36. The SMILES string of the molecule is CC(C)CCN(C)C(=O)C(S)C(C)C. The van der Waals surface area contributed by atoms with E-state index in [9.17, 15) is 4.79 Å². The third-order valence-corrected chi connectivity index (χ3v) is 3.12. The molecule has 0 aliphatic rings. The summed E-state index contributed by atoms with van der Waals surface area (Å²) in [5, 5.41) is -0.160. The van der Waals surface area contributed by atoms with E-state index >= 15 is 0 Å². The Morgan fingerprint density at radius 3 is 2.14 bits per heavy atom. The van der Waals surface area contributed by atoms with Crippen molar-refractivity contribution in [2.24, 2.45) is 11.8 Å². The fraction of sp³-hybridized carbons (Fsp3) is 0.909. The first-order valence-electron chi connectivity index (χ1n) is 5.29. The molecule has 0 bridgehead atoms. The van der Waals surface area contributed by atoms with Gasteiger partial charge in [0, 0.05) is 13.6 Å². The highest BCUT2D eigenvalue weighted by Crippen LogP contribution is 2.12. The minimum Gasteiger partial charge on any atom is -0.345 e. The summed E-state index contributed by atoms with van der Waals surface area (Å²) in [7, 11) is 1.86. The molecule has 3 heteroatoms. The van der Waals surface area contributed by atoms with Crippen LogP contribution in [-0.4, -0.2) is 29.6 Å². The highest BCUT2D eigenvalue weighted by molar-refractivity contribution is 7.81. The van der Waals surface area contributed by atoms with Crippen LogP contribution < -0.4 is 0 Å². The van der Waals surface area contributed by atoms with Crippen LogP contribution >= 0.6 is 12.6 Å². The molecular formula is C11H23NOS. The van der Waals surface area contributed by atoms with Crippen LogP contribution in [0.2, 0.25) is 0 Å². The smallest absolute Gasteiger partial charge is 0.235 e. The lowest BCUT2D eigenvalue weighted by molar-refractivity contribution is -0.130. The molecule has 1 amide bonds. The second kappa shape index (κ2) is 6.33. The molecule has 0 aromatic heterocycles. The van der Waals surface area contributed by atoms with Gasteiger partial charge in [-0.25, -0.2) is 0 Å². The van der Waals surface area contributed by atoms with E-state index in [1.807, 2.05) is 20.9 Å². The van der Waals surface area contributed by atoms with Gasteiger partial charge in [-0.15, -0.1) is 0 Å². The average molecular weight is 217 g/mol. The summed E-state index contributed by atoms with van der Waals surface area (Å²) >= 11 is 4.31. The van der Waals surface area contributed by atoms with Crippen LogP contribution in [0.1, 0.15) is 34.1 Å². The predicted molar refractivity (Wildman–Crippen MR) is 64.7 cm³/mol. The lowest BCUT2D eigenvalue weighted by atomic mass is 10.1. The third kappa shape index (κ3) is 4.89. The maximum Gasteiger partial charge on any atom is 0.235 e. The zero-order valence-electron chi connectivity index (χ0n) is 9.95. The number of carbonyl (C=O) groups excluding carboxylic acids is 1. The molecule has 0 aromatic carbocycles. The maximum atomic E-state index is 11.7. The molecular weight excluding hydrogens is 194 g/mol. The first-order valence-corrected chi connectivity index (χ1v) is 5.81. The van der Waals surface area contributed by atoms with E-state index in [0.29, 0.717) is 11.8 Å². The van der Waals surface area contributed by atoms with Crippen LogP contribution in [0.25, 0.3) is 0 Å². The summed E-state index contributed by atoms with van der Waals surface area (Å²) in [6.07, 6.45) is 1.06. The Morgan fingerprint density at radius 1 is 1.29 bits per heavy atom. The van der Waals surface area contributed by atoms with Crippen molar-refractivity contribution in [3.05, 3.63) is 0 Å². The van der Waals surface area contributed by atoms with Crippen LogP contribution in [0, 0.1) is 11.8 Å². The highest BCUT2D eigenvalue weighted by atomic mass is 32.1. The molecule has 1 atom stereocenters. The molecule has 1 unspecified atom stereocenters. The van der Waals surface area contributed by atoms with E-state index in [-0.39, 0.29) is 11.2 Å². The maximum absolute atomic E-state index is 11.7. The minimum absolute atomic E-state index is 0.143. The van der Waals surface area contributed by atoms with Gasteiger partial charge in [0.05, 0.1) is 5.25 Å². The molecule has 0 saturated carbocycles. The van der Waals surface area contributed by atoms with E-state index in [4.69, 9.17) is 0 Å². The largest absolute Gasteiger partial charge is 0.345 e. The van der Waals surface area contributed by atoms with Crippen LogP contribution in [0.5, 0.6) is 0 Å². The second-order valence-corrected chi connectivity index (χ2v) is 5.19. The minimum atomic E-state index is -0.160. The van der Waals surface area contributed by atoms with Crippen molar-refractivity contribution < 1.29 is 4.79 Å². The van der Waals surface area contributed by atoms with Gasteiger partial charge < -0.3 is 4.90 Å². The molecule has 14 heavy (non-hydrogen) atoms. The third-order valence-electron chi connectivity index (χ3n) is 2.30. The standard InChI is InChI=1S/C11H23NOS/c1-8(2)6-7-12(5)11(13)10(14)9(3)4/h8-10,14H,6-7H2,1-5H3. The van der Waals surface area contributed by atoms with Crippen molar-refractivity contribution in [1.82, 2.24) is 4.90 Å². The highest BCUT2D eigenvalue weighted by Gasteiger charge is 2.20. The van der Waals surface area contributed by atoms with E-state index in [1.54, 1.807) is 4.90 Å². The second-order valence-electron chi connectivity index (χ2n) is 4.63. The molecule has 0 aliphatic carbocycles. The van der Waals surface area contributed by atoms with Gasteiger partial charge in [-0.3, -0.25) is 4.79 Å². The molecule has 0 spiro atoms. The van der Waals surface area contributed by atoms with E-state index in [0.717, 1.165) is 13.0 Å². The van der Waals surface area contributed by atoms with Crippen LogP contribution in [0.4, 0.5) is 0 Å². The molecule has 0 heterocycles. The van der Waals surface area contributed by atoms with Crippen molar-refractivity contribution in [3.8, 4) is 0 Å². The molecule has 84 valence electrons. The summed E-state index contributed by atoms with van der Waals surface area (Å²) in [4.78, 5) is 13.5. The molecule has 0 rings (SSSR count). The zero-order valence-corrected chi connectivity index (χ0v) is 10.8. The summed E-state index contributed by atoms with van der Waals surface area (Å²) in [5.74, 6) is 1.08. The number of hydrogen-bond donors (Lipinski definition) is 1. The van der Waals surface area contributed by atoms with Crippen molar-refractivity contribution in [2.45, 2.75) is 39.4 Å². The number of nitrogens with zero attached hydrogens (tertiary/aromatic N) is 1. The van der Waals surface area contributed by atoms with Gasteiger partial charge in [0.25, 0.3) is 0 Å².